The first-order valence-corrected chi connectivity index (χ1v) is 10.5. The first kappa shape index (κ1) is 23.2. The van der Waals surface area contributed by atoms with Crippen molar-refractivity contribution < 1.29 is 19.4 Å². The number of carboxylic acids is 1. The monoisotopic (exact) mass is 376 g/mol. The van der Waals surface area contributed by atoms with E-state index >= 15 is 0 Å². The third kappa shape index (κ3) is 9.60. The molecule has 0 amide bonds. The van der Waals surface area contributed by atoms with E-state index in [9.17, 15) is 14.7 Å². The molecule has 0 aliphatic heterocycles. The fraction of sp³-hybridized carbons (Fsp3) is 0.652. The molecule has 0 fully saturated rings. The van der Waals surface area contributed by atoms with Gasteiger partial charge in [0.1, 0.15) is 6.10 Å². The maximum atomic E-state index is 12.6. The van der Waals surface area contributed by atoms with E-state index in [0.29, 0.717) is 0 Å². The number of carbonyl (C=O) groups is 2. The Kier molecular flexibility index (Phi) is 11.5. The Morgan fingerprint density at radius 2 is 1.44 bits per heavy atom. The van der Waals surface area contributed by atoms with Crippen LogP contribution in [-0.2, 0) is 4.74 Å². The lowest BCUT2D eigenvalue weighted by Gasteiger charge is -2.19. The lowest BCUT2D eigenvalue weighted by molar-refractivity contribution is 0.0244. The standard InChI is InChI=1S/C23H36O4/c1-4-5-6-9-14-19(15-10-7-8-13-18(2)3)27-23(26)21-17-12-11-16-20(21)22(24)25/h11-12,16-19H,4-10,13-15H2,1-3H3,(H,24,25). The van der Waals surface area contributed by atoms with Crippen LogP contribution in [0, 0.1) is 5.92 Å². The molecule has 0 spiro atoms. The summed E-state index contributed by atoms with van der Waals surface area (Å²) in [5.74, 6) is -0.897. The van der Waals surface area contributed by atoms with Crippen LogP contribution in [0.1, 0.15) is 106 Å². The minimum atomic E-state index is -1.10. The number of benzene rings is 1. The quantitative estimate of drug-likeness (QED) is 0.298. The molecule has 0 aliphatic rings. The molecule has 0 aliphatic carbocycles. The van der Waals surface area contributed by atoms with Crippen LogP contribution in [0.4, 0.5) is 0 Å². The number of hydrogen-bond acceptors (Lipinski definition) is 3. The summed E-state index contributed by atoms with van der Waals surface area (Å²) in [7, 11) is 0. The van der Waals surface area contributed by atoms with E-state index in [0.717, 1.165) is 44.4 Å². The molecule has 0 bridgehead atoms. The molecule has 152 valence electrons. The van der Waals surface area contributed by atoms with Gasteiger partial charge in [0, 0.05) is 0 Å². The maximum Gasteiger partial charge on any atom is 0.339 e. The van der Waals surface area contributed by atoms with Crippen molar-refractivity contribution in [2.75, 3.05) is 0 Å². The molecular formula is C23H36O4. The zero-order valence-electron chi connectivity index (χ0n) is 17.2. The van der Waals surface area contributed by atoms with Gasteiger partial charge in [-0.05, 0) is 43.7 Å². The van der Waals surface area contributed by atoms with Crippen molar-refractivity contribution in [2.45, 2.75) is 91.1 Å². The third-order valence-electron chi connectivity index (χ3n) is 4.84. The van der Waals surface area contributed by atoms with Gasteiger partial charge in [-0.25, -0.2) is 9.59 Å². The van der Waals surface area contributed by atoms with Crippen LogP contribution in [0.3, 0.4) is 0 Å². The number of ether oxygens (including phenoxy) is 1. The zero-order chi connectivity index (χ0) is 20.1. The van der Waals surface area contributed by atoms with Gasteiger partial charge in [-0.2, -0.15) is 0 Å². The second-order valence-electron chi connectivity index (χ2n) is 7.76. The molecular weight excluding hydrogens is 340 g/mol. The molecule has 1 rings (SSSR count). The molecule has 1 N–H and O–H groups in total. The summed E-state index contributed by atoms with van der Waals surface area (Å²) < 4.78 is 5.73. The van der Waals surface area contributed by atoms with Gasteiger partial charge < -0.3 is 9.84 Å². The number of carbonyl (C=O) groups excluding carboxylic acids is 1. The molecule has 0 saturated heterocycles. The molecule has 0 aromatic heterocycles. The summed E-state index contributed by atoms with van der Waals surface area (Å²) in [5.41, 5.74) is 0.146. The van der Waals surface area contributed by atoms with Crippen molar-refractivity contribution in [2.24, 2.45) is 5.92 Å². The van der Waals surface area contributed by atoms with Crippen LogP contribution in [0.15, 0.2) is 24.3 Å². The van der Waals surface area contributed by atoms with Gasteiger partial charge in [0.05, 0.1) is 11.1 Å². The summed E-state index contributed by atoms with van der Waals surface area (Å²) in [4.78, 5) is 23.9. The molecule has 1 aromatic rings. The van der Waals surface area contributed by atoms with Gasteiger partial charge in [-0.15, -0.1) is 0 Å². The average Bonchev–Trinajstić information content (AvgIpc) is 2.64. The van der Waals surface area contributed by atoms with E-state index in [1.54, 1.807) is 12.1 Å². The molecule has 1 atom stereocenters. The van der Waals surface area contributed by atoms with Gasteiger partial charge in [0.2, 0.25) is 0 Å². The highest BCUT2D eigenvalue weighted by Crippen LogP contribution is 2.19. The summed E-state index contributed by atoms with van der Waals surface area (Å²) in [6.07, 6.45) is 10.7. The van der Waals surface area contributed by atoms with Gasteiger partial charge in [-0.1, -0.05) is 71.4 Å². The first-order chi connectivity index (χ1) is 13.0. The van der Waals surface area contributed by atoms with E-state index in [4.69, 9.17) is 4.74 Å². The first-order valence-electron chi connectivity index (χ1n) is 10.5. The number of rotatable bonds is 14. The molecule has 4 heteroatoms. The molecule has 1 unspecified atom stereocenters. The van der Waals surface area contributed by atoms with Crippen molar-refractivity contribution in [1.82, 2.24) is 0 Å². The molecule has 4 nitrogen and oxygen atoms in total. The fourth-order valence-corrected chi connectivity index (χ4v) is 3.22. The Morgan fingerprint density at radius 1 is 0.889 bits per heavy atom. The van der Waals surface area contributed by atoms with E-state index in [2.05, 4.69) is 20.8 Å². The molecule has 27 heavy (non-hydrogen) atoms. The minimum absolute atomic E-state index is 0.00386. The average molecular weight is 377 g/mol. The predicted molar refractivity (Wildman–Crippen MR) is 109 cm³/mol. The Hall–Kier alpha value is -1.84. The minimum Gasteiger partial charge on any atom is -0.478 e. The van der Waals surface area contributed by atoms with Gasteiger partial charge in [-0.3, -0.25) is 0 Å². The van der Waals surface area contributed by atoms with Gasteiger partial charge in [0.25, 0.3) is 0 Å². The highest BCUT2D eigenvalue weighted by molar-refractivity contribution is 6.02. The van der Waals surface area contributed by atoms with Gasteiger partial charge >= 0.3 is 11.9 Å². The van der Waals surface area contributed by atoms with E-state index in [-0.39, 0.29) is 17.2 Å². The third-order valence-corrected chi connectivity index (χ3v) is 4.84. The second-order valence-corrected chi connectivity index (χ2v) is 7.76. The van der Waals surface area contributed by atoms with Crippen LogP contribution < -0.4 is 0 Å². The van der Waals surface area contributed by atoms with Crippen molar-refractivity contribution >= 4 is 11.9 Å². The van der Waals surface area contributed by atoms with Crippen molar-refractivity contribution in [1.29, 1.82) is 0 Å². The molecule has 1 aromatic carbocycles. The predicted octanol–water partition coefficient (Wildman–Crippen LogP) is 6.49. The highest BCUT2D eigenvalue weighted by Gasteiger charge is 2.20. The second kappa shape index (κ2) is 13.3. The highest BCUT2D eigenvalue weighted by atomic mass is 16.5. The van der Waals surface area contributed by atoms with E-state index < -0.39 is 11.9 Å². The number of carboxylic acid groups (broad SMARTS) is 1. The summed E-state index contributed by atoms with van der Waals surface area (Å²) in [6.45, 7) is 6.64. The van der Waals surface area contributed by atoms with Gasteiger partial charge in [0.15, 0.2) is 0 Å². The van der Waals surface area contributed by atoms with Crippen LogP contribution >= 0.6 is 0 Å². The summed E-state index contributed by atoms with van der Waals surface area (Å²) in [5, 5.41) is 9.29. The largest absolute Gasteiger partial charge is 0.478 e. The lowest BCUT2D eigenvalue weighted by Crippen LogP contribution is -2.20. The Bertz CT molecular complexity index is 565. The molecule has 0 heterocycles. The Labute approximate surface area is 164 Å². The number of hydrogen-bond donors (Lipinski definition) is 1. The van der Waals surface area contributed by atoms with Crippen LogP contribution in [0.5, 0.6) is 0 Å². The number of aromatic carboxylic acids is 1. The van der Waals surface area contributed by atoms with Crippen LogP contribution in [-0.4, -0.2) is 23.1 Å². The van der Waals surface area contributed by atoms with E-state index in [1.807, 2.05) is 0 Å². The Balaban J connectivity index is 2.63. The van der Waals surface area contributed by atoms with Crippen LogP contribution in [0.25, 0.3) is 0 Å². The fourth-order valence-electron chi connectivity index (χ4n) is 3.22. The summed E-state index contributed by atoms with van der Waals surface area (Å²) in [6, 6.07) is 6.27. The van der Waals surface area contributed by atoms with Crippen LogP contribution in [0.2, 0.25) is 0 Å². The summed E-state index contributed by atoms with van der Waals surface area (Å²) >= 11 is 0. The SMILES string of the molecule is CCCCCCC(CCCCCC(C)C)OC(=O)c1ccccc1C(=O)O. The molecule has 0 saturated carbocycles. The van der Waals surface area contributed by atoms with E-state index in [1.165, 1.54) is 37.8 Å². The number of unbranched alkanes of at least 4 members (excludes halogenated alkanes) is 5. The number of esters is 1. The topological polar surface area (TPSA) is 63.6 Å². The normalized spacial score (nSPS) is 12.1. The Morgan fingerprint density at radius 3 is 2.00 bits per heavy atom. The smallest absolute Gasteiger partial charge is 0.339 e. The van der Waals surface area contributed by atoms with Crippen molar-refractivity contribution in [3.63, 3.8) is 0 Å². The van der Waals surface area contributed by atoms with Crippen molar-refractivity contribution in [3.05, 3.63) is 35.4 Å². The maximum absolute atomic E-state index is 12.6. The lowest BCUT2D eigenvalue weighted by atomic mass is 10.0. The molecule has 0 radical (unpaired) electrons. The zero-order valence-corrected chi connectivity index (χ0v) is 17.2. The van der Waals surface area contributed by atoms with Crippen molar-refractivity contribution in [3.8, 4) is 0 Å².